The molecule has 0 aromatic rings. The van der Waals surface area contributed by atoms with E-state index in [4.69, 9.17) is 20.2 Å². The molecular formula is C22H48N2O4. The number of rotatable bonds is 19. The van der Waals surface area contributed by atoms with Crippen molar-refractivity contribution in [1.82, 2.24) is 0 Å². The quantitative estimate of drug-likeness (QED) is 0.100. The molecule has 0 amide bonds. The van der Waals surface area contributed by atoms with Gasteiger partial charge in [-0.3, -0.25) is 0 Å². The summed E-state index contributed by atoms with van der Waals surface area (Å²) < 4.78 is 0.717. The van der Waals surface area contributed by atoms with E-state index in [0.717, 1.165) is 17.8 Å². The van der Waals surface area contributed by atoms with Crippen LogP contribution in [0.4, 0.5) is 0 Å². The average molecular weight is 405 g/mol. The Balaban J connectivity index is 0. The third-order valence-corrected chi connectivity index (χ3v) is 5.03. The van der Waals surface area contributed by atoms with Crippen molar-refractivity contribution in [2.75, 3.05) is 27.2 Å². The summed E-state index contributed by atoms with van der Waals surface area (Å²) in [4.78, 5) is 13.9. The summed E-state index contributed by atoms with van der Waals surface area (Å²) >= 11 is 0. The predicted molar refractivity (Wildman–Crippen MR) is 119 cm³/mol. The summed E-state index contributed by atoms with van der Waals surface area (Å²) in [6.45, 7) is 6.33. The van der Waals surface area contributed by atoms with Gasteiger partial charge in [0, 0.05) is 0 Å². The van der Waals surface area contributed by atoms with Crippen LogP contribution in [0.5, 0.6) is 0 Å². The van der Waals surface area contributed by atoms with Crippen LogP contribution in [-0.2, 0) is 4.84 Å². The van der Waals surface area contributed by atoms with E-state index in [-0.39, 0.29) is 0 Å². The fourth-order valence-corrected chi connectivity index (χ4v) is 3.45. The standard InChI is InChI=1S/C22H48NO.NO3/c1-5-7-8-9-10-11-12-13-14-15-16-17-18-19-20-21-22-23(3,4)24-6-2;2-1(3)4/h5-22H2,1-4H3;/q+1;-1. The van der Waals surface area contributed by atoms with Gasteiger partial charge in [0.2, 0.25) is 0 Å². The summed E-state index contributed by atoms with van der Waals surface area (Å²) in [5.41, 5.74) is 0. The van der Waals surface area contributed by atoms with Crippen LogP contribution in [-0.4, -0.2) is 37.0 Å². The van der Waals surface area contributed by atoms with Gasteiger partial charge in [-0.25, -0.2) is 4.84 Å². The smallest absolute Gasteiger partial charge is 0.108 e. The first-order chi connectivity index (χ1) is 13.4. The van der Waals surface area contributed by atoms with Gasteiger partial charge in [0.25, 0.3) is 0 Å². The fourth-order valence-electron chi connectivity index (χ4n) is 3.45. The van der Waals surface area contributed by atoms with Gasteiger partial charge in [0.15, 0.2) is 0 Å². The van der Waals surface area contributed by atoms with Gasteiger partial charge in [-0.1, -0.05) is 96.8 Å². The van der Waals surface area contributed by atoms with Crippen LogP contribution in [0.25, 0.3) is 0 Å². The Labute approximate surface area is 174 Å². The summed E-state index contributed by atoms with van der Waals surface area (Å²) in [5, 5.41) is 14.8. The molecule has 0 spiro atoms. The molecule has 6 heteroatoms. The molecule has 0 aliphatic heterocycles. The summed E-state index contributed by atoms with van der Waals surface area (Å²) in [5.74, 6) is 0. The molecule has 0 heterocycles. The van der Waals surface area contributed by atoms with Gasteiger partial charge in [0.05, 0.1) is 19.2 Å². The summed E-state index contributed by atoms with van der Waals surface area (Å²) in [6.07, 6.45) is 22.9. The monoisotopic (exact) mass is 404 g/mol. The lowest BCUT2D eigenvalue weighted by atomic mass is 10.0. The van der Waals surface area contributed by atoms with E-state index in [1.807, 2.05) is 0 Å². The van der Waals surface area contributed by atoms with Crippen molar-refractivity contribution >= 4 is 0 Å². The highest BCUT2D eigenvalue weighted by atomic mass is 16.9. The second kappa shape index (κ2) is 22.4. The van der Waals surface area contributed by atoms with Crippen LogP contribution in [0.2, 0.25) is 0 Å². The lowest BCUT2D eigenvalue weighted by Crippen LogP contribution is -2.40. The number of hydrogen-bond acceptors (Lipinski definition) is 4. The minimum Gasteiger partial charge on any atom is -0.356 e. The highest BCUT2D eigenvalue weighted by molar-refractivity contribution is 4.49. The van der Waals surface area contributed by atoms with Gasteiger partial charge in [0.1, 0.15) is 13.2 Å². The zero-order valence-corrected chi connectivity index (χ0v) is 19.3. The Morgan fingerprint density at radius 3 is 1.21 bits per heavy atom. The highest BCUT2D eigenvalue weighted by Crippen LogP contribution is 2.14. The maximum absolute atomic E-state index is 8.25. The number of nitrogens with zero attached hydrogens (tertiary/aromatic N) is 2. The normalized spacial score (nSPS) is 11.1. The Bertz CT molecular complexity index is 322. The van der Waals surface area contributed by atoms with Gasteiger partial charge >= 0.3 is 0 Å². The molecule has 0 atom stereocenters. The van der Waals surface area contributed by atoms with Crippen molar-refractivity contribution in [3.63, 3.8) is 0 Å². The van der Waals surface area contributed by atoms with E-state index in [1.165, 1.54) is 103 Å². The van der Waals surface area contributed by atoms with Gasteiger partial charge in [-0.05, 0) is 19.8 Å². The van der Waals surface area contributed by atoms with Gasteiger partial charge in [-0.2, -0.15) is 4.65 Å². The van der Waals surface area contributed by atoms with Crippen molar-refractivity contribution in [3.8, 4) is 0 Å². The topological polar surface area (TPSA) is 75.4 Å². The third kappa shape index (κ3) is 29.9. The van der Waals surface area contributed by atoms with Crippen LogP contribution in [0.15, 0.2) is 0 Å². The molecule has 28 heavy (non-hydrogen) atoms. The fraction of sp³-hybridized carbons (Fsp3) is 1.00. The molecule has 0 saturated heterocycles. The Morgan fingerprint density at radius 1 is 0.643 bits per heavy atom. The Morgan fingerprint density at radius 2 is 0.929 bits per heavy atom. The van der Waals surface area contributed by atoms with E-state index in [0.29, 0.717) is 0 Å². The first-order valence-electron chi connectivity index (χ1n) is 11.6. The van der Waals surface area contributed by atoms with Crippen LogP contribution < -0.4 is 0 Å². The molecule has 0 N–H and O–H groups in total. The molecular weight excluding hydrogens is 356 g/mol. The molecule has 0 radical (unpaired) electrons. The van der Waals surface area contributed by atoms with Crippen LogP contribution >= 0.6 is 0 Å². The third-order valence-electron chi connectivity index (χ3n) is 5.03. The second-order valence-corrected chi connectivity index (χ2v) is 8.24. The second-order valence-electron chi connectivity index (χ2n) is 8.24. The number of hydrogen-bond donors (Lipinski definition) is 0. The van der Waals surface area contributed by atoms with E-state index in [1.54, 1.807) is 0 Å². The minimum absolute atomic E-state index is 0.717. The number of unbranched alkanes of at least 4 members (excludes halogenated alkanes) is 15. The van der Waals surface area contributed by atoms with Crippen LogP contribution in [0.3, 0.4) is 0 Å². The largest absolute Gasteiger partial charge is 0.356 e. The molecule has 0 rings (SSSR count). The summed E-state index contributed by atoms with van der Waals surface area (Å²) in [6, 6.07) is 0. The van der Waals surface area contributed by atoms with Crippen LogP contribution in [0, 0.1) is 15.3 Å². The summed E-state index contributed by atoms with van der Waals surface area (Å²) in [7, 11) is 4.32. The molecule has 0 aromatic heterocycles. The van der Waals surface area contributed by atoms with Crippen molar-refractivity contribution in [2.24, 2.45) is 0 Å². The Hall–Kier alpha value is -0.880. The SMILES string of the molecule is CCCCCCCCCCCCCCCCCC[N+](C)(C)OCC.O=[N+]([O-])[O-]. The van der Waals surface area contributed by atoms with E-state index >= 15 is 0 Å². The number of quaternary nitrogens is 1. The van der Waals surface area contributed by atoms with E-state index in [9.17, 15) is 0 Å². The molecule has 170 valence electrons. The highest BCUT2D eigenvalue weighted by Gasteiger charge is 2.14. The van der Waals surface area contributed by atoms with E-state index < -0.39 is 5.09 Å². The van der Waals surface area contributed by atoms with Gasteiger partial charge < -0.3 is 15.3 Å². The molecule has 6 nitrogen and oxygen atoms in total. The molecule has 0 unspecified atom stereocenters. The molecule has 0 fully saturated rings. The minimum atomic E-state index is -1.75. The maximum Gasteiger partial charge on any atom is 0.108 e. The molecule has 0 saturated carbocycles. The molecule has 0 aliphatic rings. The average Bonchev–Trinajstić information content (AvgIpc) is 2.61. The molecule has 0 aliphatic carbocycles. The first-order valence-corrected chi connectivity index (χ1v) is 11.6. The lowest BCUT2D eigenvalue weighted by Gasteiger charge is -2.26. The van der Waals surface area contributed by atoms with E-state index in [2.05, 4.69) is 27.9 Å². The molecule has 0 aromatic carbocycles. The first kappa shape index (κ1) is 29.3. The van der Waals surface area contributed by atoms with Crippen LogP contribution in [0.1, 0.15) is 117 Å². The van der Waals surface area contributed by atoms with Gasteiger partial charge in [-0.15, -0.1) is 0 Å². The lowest BCUT2D eigenvalue weighted by molar-refractivity contribution is -1.08. The predicted octanol–water partition coefficient (Wildman–Crippen LogP) is 7.04. The van der Waals surface area contributed by atoms with Crippen molar-refractivity contribution in [3.05, 3.63) is 15.3 Å². The molecule has 0 bridgehead atoms. The van der Waals surface area contributed by atoms with Crippen molar-refractivity contribution in [1.29, 1.82) is 0 Å². The van der Waals surface area contributed by atoms with Crippen molar-refractivity contribution in [2.45, 2.75) is 117 Å². The maximum atomic E-state index is 8.25. The zero-order valence-electron chi connectivity index (χ0n) is 19.3. The van der Waals surface area contributed by atoms with Crippen molar-refractivity contribution < 1.29 is 14.6 Å². The Kier molecular flexibility index (Phi) is 23.5. The zero-order chi connectivity index (χ0) is 21.5. The number of hydroxylamine groups is 3.